The lowest BCUT2D eigenvalue weighted by Gasteiger charge is -2.17. The van der Waals surface area contributed by atoms with Gasteiger partial charge >= 0.3 is 0 Å². The number of unbranched alkanes of at least 4 members (excludes halogenated alkanes) is 1. The molecule has 1 aromatic heterocycles. The summed E-state index contributed by atoms with van der Waals surface area (Å²) < 4.78 is 0. The van der Waals surface area contributed by atoms with Crippen molar-refractivity contribution < 1.29 is 9.72 Å². The number of thiocarbonyl (C=S) groups is 1. The SMILES string of the molecule is CCCCn1nnc(NC(=S)NC(=O)c2ccc(N3CCCC3)c([N+](=O)[O-])c2)n1. The molecular weight excluding hydrogens is 396 g/mol. The number of tetrazole rings is 1. The standard InChI is InChI=1S/C17H22N8O3S/c1-2-3-10-24-21-16(20-22-24)19-17(29)18-15(26)12-6-7-13(14(11-12)25(27)28)23-8-4-5-9-23/h6-7,11H,2-5,8-10H2,1H3,(H2,18,19,21,26,29). The van der Waals surface area contributed by atoms with E-state index in [9.17, 15) is 14.9 Å². The molecule has 1 aromatic carbocycles. The van der Waals surface area contributed by atoms with Crippen LogP contribution in [-0.2, 0) is 6.54 Å². The number of nitro benzene ring substituents is 1. The van der Waals surface area contributed by atoms with Gasteiger partial charge in [0.1, 0.15) is 5.69 Å². The number of benzene rings is 1. The molecule has 0 unspecified atom stereocenters. The molecule has 0 radical (unpaired) electrons. The number of nitrogens with one attached hydrogen (secondary N) is 2. The fraction of sp³-hybridized carbons (Fsp3) is 0.471. The Hall–Kier alpha value is -3.15. The van der Waals surface area contributed by atoms with Gasteiger partial charge in [0.05, 0.1) is 11.5 Å². The van der Waals surface area contributed by atoms with Gasteiger partial charge in [-0.2, -0.15) is 4.80 Å². The first-order valence-corrected chi connectivity index (χ1v) is 9.82. The number of aromatic nitrogens is 4. The molecule has 1 aliphatic rings. The second kappa shape index (κ2) is 9.37. The van der Waals surface area contributed by atoms with Gasteiger partial charge < -0.3 is 4.90 Å². The van der Waals surface area contributed by atoms with E-state index in [0.29, 0.717) is 12.2 Å². The Balaban J connectivity index is 1.65. The third-order valence-electron chi connectivity index (χ3n) is 4.50. The van der Waals surface area contributed by atoms with E-state index in [1.807, 2.05) is 4.90 Å². The molecule has 2 N–H and O–H groups in total. The van der Waals surface area contributed by atoms with E-state index in [1.54, 1.807) is 12.1 Å². The van der Waals surface area contributed by atoms with Gasteiger partial charge in [0.15, 0.2) is 5.11 Å². The van der Waals surface area contributed by atoms with Crippen LogP contribution in [0.2, 0.25) is 0 Å². The van der Waals surface area contributed by atoms with Crippen molar-refractivity contribution in [1.29, 1.82) is 0 Å². The lowest BCUT2D eigenvalue weighted by molar-refractivity contribution is -0.384. The van der Waals surface area contributed by atoms with Crippen molar-refractivity contribution in [2.45, 2.75) is 39.2 Å². The van der Waals surface area contributed by atoms with Crippen LogP contribution in [0.25, 0.3) is 0 Å². The minimum atomic E-state index is -0.558. The molecule has 0 bridgehead atoms. The highest BCUT2D eigenvalue weighted by molar-refractivity contribution is 7.80. The Morgan fingerprint density at radius 1 is 1.34 bits per heavy atom. The summed E-state index contributed by atoms with van der Waals surface area (Å²) >= 11 is 5.10. The number of rotatable bonds is 7. The van der Waals surface area contributed by atoms with E-state index in [1.165, 1.54) is 10.9 Å². The molecule has 1 amide bonds. The smallest absolute Gasteiger partial charge is 0.293 e. The Labute approximate surface area is 172 Å². The molecule has 12 heteroatoms. The molecule has 0 spiro atoms. The van der Waals surface area contributed by atoms with Crippen molar-refractivity contribution in [1.82, 2.24) is 25.5 Å². The average Bonchev–Trinajstić information content (AvgIpc) is 3.37. The van der Waals surface area contributed by atoms with E-state index >= 15 is 0 Å². The fourth-order valence-electron chi connectivity index (χ4n) is 3.03. The number of hydrogen-bond donors (Lipinski definition) is 2. The van der Waals surface area contributed by atoms with Crippen LogP contribution in [0.1, 0.15) is 43.0 Å². The molecule has 29 heavy (non-hydrogen) atoms. The Morgan fingerprint density at radius 2 is 2.10 bits per heavy atom. The minimum Gasteiger partial charge on any atom is -0.366 e. The number of anilines is 2. The van der Waals surface area contributed by atoms with Crippen LogP contribution in [0, 0.1) is 10.1 Å². The first-order valence-electron chi connectivity index (χ1n) is 9.41. The largest absolute Gasteiger partial charge is 0.366 e. The molecule has 0 atom stereocenters. The number of aryl methyl sites for hydroxylation is 1. The third-order valence-corrected chi connectivity index (χ3v) is 4.70. The van der Waals surface area contributed by atoms with E-state index in [2.05, 4.69) is 33.0 Å². The predicted octanol–water partition coefficient (Wildman–Crippen LogP) is 2.11. The maximum Gasteiger partial charge on any atom is 0.293 e. The number of hydrogen-bond acceptors (Lipinski definition) is 8. The van der Waals surface area contributed by atoms with E-state index in [0.717, 1.165) is 38.8 Å². The molecule has 2 aromatic rings. The van der Waals surface area contributed by atoms with Gasteiger partial charge in [0.25, 0.3) is 17.5 Å². The molecule has 0 aliphatic carbocycles. The normalized spacial score (nSPS) is 13.3. The summed E-state index contributed by atoms with van der Waals surface area (Å²) in [7, 11) is 0. The van der Waals surface area contributed by atoms with Gasteiger partial charge in [-0.3, -0.25) is 25.5 Å². The van der Waals surface area contributed by atoms with Crippen LogP contribution in [-0.4, -0.2) is 49.2 Å². The van der Waals surface area contributed by atoms with Crippen LogP contribution in [0.15, 0.2) is 18.2 Å². The second-order valence-electron chi connectivity index (χ2n) is 6.63. The van der Waals surface area contributed by atoms with Crippen LogP contribution in [0.3, 0.4) is 0 Å². The quantitative estimate of drug-likeness (QED) is 0.394. The lowest BCUT2D eigenvalue weighted by atomic mass is 10.1. The summed E-state index contributed by atoms with van der Waals surface area (Å²) in [6.45, 7) is 4.23. The highest BCUT2D eigenvalue weighted by atomic mass is 32.1. The zero-order valence-corrected chi connectivity index (χ0v) is 16.8. The highest BCUT2D eigenvalue weighted by Gasteiger charge is 2.24. The lowest BCUT2D eigenvalue weighted by Crippen LogP contribution is -2.34. The molecule has 3 rings (SSSR count). The Morgan fingerprint density at radius 3 is 2.79 bits per heavy atom. The number of nitro groups is 1. The van der Waals surface area contributed by atoms with Crippen molar-refractivity contribution in [3.8, 4) is 0 Å². The van der Waals surface area contributed by atoms with Gasteiger partial charge in [0.2, 0.25) is 0 Å². The van der Waals surface area contributed by atoms with Gasteiger partial charge in [-0.15, -0.1) is 5.10 Å². The number of carbonyl (C=O) groups excluding carboxylic acids is 1. The minimum absolute atomic E-state index is 0.0173. The zero-order chi connectivity index (χ0) is 20.8. The van der Waals surface area contributed by atoms with Crippen LogP contribution < -0.4 is 15.5 Å². The van der Waals surface area contributed by atoms with Gasteiger partial charge in [0, 0.05) is 24.7 Å². The predicted molar refractivity (Wildman–Crippen MR) is 111 cm³/mol. The van der Waals surface area contributed by atoms with E-state index in [-0.39, 0.29) is 22.3 Å². The summed E-state index contributed by atoms with van der Waals surface area (Å²) in [5.74, 6) is -0.390. The average molecular weight is 418 g/mol. The van der Waals surface area contributed by atoms with Crippen LogP contribution in [0.4, 0.5) is 17.3 Å². The summed E-state index contributed by atoms with van der Waals surface area (Å²) in [5.41, 5.74) is 0.569. The fourth-order valence-corrected chi connectivity index (χ4v) is 3.22. The van der Waals surface area contributed by atoms with Crippen molar-refractivity contribution in [2.24, 2.45) is 0 Å². The summed E-state index contributed by atoms with van der Waals surface area (Å²) in [5, 5.41) is 28.4. The molecule has 1 saturated heterocycles. The second-order valence-corrected chi connectivity index (χ2v) is 7.03. The van der Waals surface area contributed by atoms with Gasteiger partial charge in [-0.25, -0.2) is 0 Å². The zero-order valence-electron chi connectivity index (χ0n) is 16.0. The third kappa shape index (κ3) is 5.22. The van der Waals surface area contributed by atoms with Crippen molar-refractivity contribution >= 4 is 40.6 Å². The van der Waals surface area contributed by atoms with E-state index in [4.69, 9.17) is 12.2 Å². The molecule has 1 aliphatic heterocycles. The Kier molecular flexibility index (Phi) is 6.65. The highest BCUT2D eigenvalue weighted by Crippen LogP contribution is 2.31. The van der Waals surface area contributed by atoms with Crippen molar-refractivity contribution in [3.05, 3.63) is 33.9 Å². The summed E-state index contributed by atoms with van der Waals surface area (Å²) in [6.07, 6.45) is 3.91. The molecule has 2 heterocycles. The number of nitrogens with zero attached hydrogens (tertiary/aromatic N) is 6. The molecule has 1 fully saturated rings. The first-order chi connectivity index (χ1) is 14.0. The van der Waals surface area contributed by atoms with E-state index < -0.39 is 10.8 Å². The van der Waals surface area contributed by atoms with Crippen molar-refractivity contribution in [3.63, 3.8) is 0 Å². The monoisotopic (exact) mass is 418 g/mol. The van der Waals surface area contributed by atoms with Crippen LogP contribution in [0.5, 0.6) is 0 Å². The summed E-state index contributed by atoms with van der Waals surface area (Å²) in [4.78, 5) is 26.9. The Bertz CT molecular complexity index is 910. The maximum atomic E-state index is 12.5. The topological polar surface area (TPSA) is 131 Å². The van der Waals surface area contributed by atoms with Crippen LogP contribution >= 0.6 is 12.2 Å². The molecular formula is C17H22N8O3S. The number of amides is 1. The molecule has 0 saturated carbocycles. The maximum absolute atomic E-state index is 12.5. The first kappa shape index (κ1) is 20.6. The molecule has 154 valence electrons. The van der Waals surface area contributed by atoms with Gasteiger partial charge in [-0.1, -0.05) is 18.4 Å². The van der Waals surface area contributed by atoms with Gasteiger partial charge in [-0.05, 0) is 48.8 Å². The molecule has 11 nitrogen and oxygen atoms in total. The summed E-state index contributed by atoms with van der Waals surface area (Å²) in [6, 6.07) is 4.43. The number of carbonyl (C=O) groups is 1. The van der Waals surface area contributed by atoms with Crippen molar-refractivity contribution in [2.75, 3.05) is 23.3 Å².